The Morgan fingerprint density at radius 3 is 2.55 bits per heavy atom. The summed E-state index contributed by atoms with van der Waals surface area (Å²) in [6, 6.07) is 11.2. The summed E-state index contributed by atoms with van der Waals surface area (Å²) in [6.07, 6.45) is 0.829. The van der Waals surface area contributed by atoms with Crippen molar-refractivity contribution in [1.82, 2.24) is 19.9 Å². The fraction of sp³-hybridized carbons (Fsp3) is 0.370. The summed E-state index contributed by atoms with van der Waals surface area (Å²) in [7, 11) is 0. The summed E-state index contributed by atoms with van der Waals surface area (Å²) in [5, 5.41) is 0.939. The molecule has 2 aromatic heterocycles. The molecule has 1 N–H and O–H groups in total. The van der Waals surface area contributed by atoms with Crippen LogP contribution in [0, 0.1) is 0 Å². The number of piperidine rings is 1. The van der Waals surface area contributed by atoms with Crippen molar-refractivity contribution >= 4 is 45.9 Å². The number of H-pyrrole nitrogens is 1. The highest BCUT2D eigenvalue weighted by atomic mass is 35.5. The van der Waals surface area contributed by atoms with E-state index in [0.717, 1.165) is 73.3 Å². The van der Waals surface area contributed by atoms with E-state index in [1.54, 1.807) is 24.5 Å². The van der Waals surface area contributed by atoms with Gasteiger partial charge in [-0.1, -0.05) is 41.4 Å². The van der Waals surface area contributed by atoms with Crippen molar-refractivity contribution in [3.8, 4) is 0 Å². The van der Waals surface area contributed by atoms with Gasteiger partial charge in [0, 0.05) is 31.6 Å². The van der Waals surface area contributed by atoms with E-state index in [4.69, 9.17) is 28.2 Å². The molecule has 2 aliphatic rings. The van der Waals surface area contributed by atoms with Crippen LogP contribution in [0.2, 0.25) is 10.0 Å². The molecule has 0 bridgehead atoms. The molecular weight excluding hydrogens is 536 g/mol. The van der Waals surface area contributed by atoms with Crippen LogP contribution >= 0.6 is 23.2 Å². The summed E-state index contributed by atoms with van der Waals surface area (Å²) in [6.45, 7) is 2.22. The number of anilines is 2. The van der Waals surface area contributed by atoms with Gasteiger partial charge in [-0.15, -0.1) is 0 Å². The Hall–Kier alpha value is -3.04. The first-order valence-electron chi connectivity index (χ1n) is 12.6. The minimum atomic E-state index is -4.35. The van der Waals surface area contributed by atoms with Crippen molar-refractivity contribution in [2.75, 3.05) is 29.4 Å². The van der Waals surface area contributed by atoms with Crippen molar-refractivity contribution < 1.29 is 13.2 Å². The van der Waals surface area contributed by atoms with E-state index in [-0.39, 0.29) is 12.0 Å². The minimum Gasteiger partial charge on any atom is -0.356 e. The van der Waals surface area contributed by atoms with Crippen LogP contribution in [0.4, 0.5) is 24.8 Å². The summed E-state index contributed by atoms with van der Waals surface area (Å²) in [5.41, 5.74) is 1.70. The van der Waals surface area contributed by atoms with E-state index in [9.17, 15) is 13.2 Å². The molecule has 0 amide bonds. The van der Waals surface area contributed by atoms with Gasteiger partial charge in [-0.2, -0.15) is 13.2 Å². The number of hydrogen-bond donors (Lipinski definition) is 1. The largest absolute Gasteiger partial charge is 0.416 e. The lowest BCUT2D eigenvalue weighted by atomic mass is 9.89. The van der Waals surface area contributed by atoms with Gasteiger partial charge in [-0.25, -0.2) is 15.0 Å². The molecule has 198 valence electrons. The monoisotopic (exact) mass is 560 g/mol. The zero-order valence-corrected chi connectivity index (χ0v) is 21.9. The molecule has 38 heavy (non-hydrogen) atoms. The topological polar surface area (TPSA) is 60.9 Å². The fourth-order valence-corrected chi connectivity index (χ4v) is 5.92. The molecule has 11 heteroatoms. The lowest BCUT2D eigenvalue weighted by molar-refractivity contribution is -0.137. The number of nitrogens with one attached hydrogen (secondary N) is 1. The highest BCUT2D eigenvalue weighted by Crippen LogP contribution is 2.38. The number of nitrogens with zero attached hydrogens (tertiary/aromatic N) is 5. The van der Waals surface area contributed by atoms with Gasteiger partial charge < -0.3 is 14.8 Å². The molecule has 2 saturated heterocycles. The molecule has 2 atom stereocenters. The second kappa shape index (κ2) is 9.93. The third kappa shape index (κ3) is 4.89. The van der Waals surface area contributed by atoms with Crippen molar-refractivity contribution in [1.29, 1.82) is 0 Å². The highest BCUT2D eigenvalue weighted by Gasteiger charge is 2.33. The third-order valence-corrected chi connectivity index (χ3v) is 8.20. The van der Waals surface area contributed by atoms with Crippen molar-refractivity contribution in [3.63, 3.8) is 0 Å². The van der Waals surface area contributed by atoms with E-state index in [1.807, 2.05) is 6.07 Å². The number of benzene rings is 2. The van der Waals surface area contributed by atoms with E-state index < -0.39 is 11.7 Å². The molecule has 0 saturated carbocycles. The summed E-state index contributed by atoms with van der Waals surface area (Å²) in [5.74, 6) is 2.41. The van der Waals surface area contributed by atoms with Crippen molar-refractivity contribution in [3.05, 3.63) is 75.8 Å². The lowest BCUT2D eigenvalue weighted by Gasteiger charge is -2.34. The molecule has 4 aromatic rings. The smallest absolute Gasteiger partial charge is 0.356 e. The summed E-state index contributed by atoms with van der Waals surface area (Å²) < 4.78 is 39.8. The van der Waals surface area contributed by atoms with E-state index in [2.05, 4.69) is 24.8 Å². The fourth-order valence-electron chi connectivity index (χ4n) is 5.60. The number of rotatable bonds is 4. The van der Waals surface area contributed by atoms with Gasteiger partial charge in [-0.05, 0) is 49.4 Å². The molecule has 0 spiro atoms. The van der Waals surface area contributed by atoms with E-state index in [0.29, 0.717) is 22.2 Å². The molecule has 6 rings (SSSR count). The molecule has 1 unspecified atom stereocenters. The molecule has 0 radical (unpaired) electrons. The Labute approximate surface area is 227 Å². The van der Waals surface area contributed by atoms with Gasteiger partial charge in [0.05, 0.1) is 32.7 Å². The van der Waals surface area contributed by atoms with Crippen molar-refractivity contribution in [2.24, 2.45) is 0 Å². The number of aromatic amines is 1. The number of halogens is 5. The molecule has 2 aromatic carbocycles. The average molecular weight is 561 g/mol. The Morgan fingerprint density at radius 1 is 0.921 bits per heavy atom. The second-order valence-electron chi connectivity index (χ2n) is 9.90. The lowest BCUT2D eigenvalue weighted by Crippen LogP contribution is -2.35. The van der Waals surface area contributed by atoms with Crippen LogP contribution in [0.1, 0.15) is 54.6 Å². The standard InChI is InChI=1S/C27H25Cl2F3N6/c28-19-11-21-22(12-20(19)29)36-26(35-21)23-7-3-9-38(23)25-13-24(33-15-34-25)37-8-2-5-17(14-37)16-4-1-6-18(10-16)27(30,31)32/h1,4,6,10-13,15,17,23H,2-3,5,7-9,14H2,(H,35,36)/t17?,23-/m0/s1. The van der Waals surface area contributed by atoms with Crippen LogP contribution in [0.5, 0.6) is 0 Å². The number of aromatic nitrogens is 4. The third-order valence-electron chi connectivity index (χ3n) is 7.47. The maximum absolute atomic E-state index is 13.3. The van der Waals surface area contributed by atoms with Gasteiger partial charge in [0.1, 0.15) is 23.8 Å². The maximum atomic E-state index is 13.3. The quantitative estimate of drug-likeness (QED) is 0.281. The van der Waals surface area contributed by atoms with Crippen molar-refractivity contribution in [2.45, 2.75) is 43.8 Å². The SMILES string of the molecule is FC(F)(F)c1cccc(C2CCCN(c3cc(N4CCC[C@H]4c4nc5cc(Cl)c(Cl)cc5[nH]4)ncn3)C2)c1. The number of hydrogen-bond acceptors (Lipinski definition) is 5. The van der Waals surface area contributed by atoms with E-state index in [1.165, 1.54) is 12.1 Å². The molecule has 6 nitrogen and oxygen atoms in total. The summed E-state index contributed by atoms with van der Waals surface area (Å²) >= 11 is 12.4. The predicted octanol–water partition coefficient (Wildman–Crippen LogP) is 7.40. The normalized spacial score (nSPS) is 20.4. The number of fused-ring (bicyclic) bond motifs is 1. The molecular formula is C27H25Cl2F3N6. The minimum absolute atomic E-state index is 0.00167. The number of alkyl halides is 3. The van der Waals surface area contributed by atoms with Crippen LogP contribution in [0.25, 0.3) is 11.0 Å². The Bertz CT molecular complexity index is 1430. The molecule has 2 fully saturated rings. The van der Waals surface area contributed by atoms with Gasteiger partial charge in [-0.3, -0.25) is 0 Å². The van der Waals surface area contributed by atoms with Gasteiger partial charge in [0.15, 0.2) is 0 Å². The van der Waals surface area contributed by atoms with E-state index >= 15 is 0 Å². The van der Waals surface area contributed by atoms with Gasteiger partial charge in [0.2, 0.25) is 0 Å². The zero-order valence-electron chi connectivity index (χ0n) is 20.3. The van der Waals surface area contributed by atoms with Crippen LogP contribution in [0.15, 0.2) is 48.8 Å². The maximum Gasteiger partial charge on any atom is 0.416 e. The highest BCUT2D eigenvalue weighted by molar-refractivity contribution is 6.42. The number of imidazole rings is 1. The second-order valence-corrected chi connectivity index (χ2v) is 10.7. The predicted molar refractivity (Wildman–Crippen MR) is 143 cm³/mol. The van der Waals surface area contributed by atoms with Gasteiger partial charge >= 0.3 is 6.18 Å². The first-order valence-corrected chi connectivity index (χ1v) is 13.4. The molecule has 0 aliphatic carbocycles. The Morgan fingerprint density at radius 2 is 1.71 bits per heavy atom. The van der Waals surface area contributed by atoms with Crippen LogP contribution in [-0.4, -0.2) is 39.6 Å². The molecule has 2 aliphatic heterocycles. The molecule has 4 heterocycles. The first kappa shape index (κ1) is 25.2. The van der Waals surface area contributed by atoms with Gasteiger partial charge in [0.25, 0.3) is 0 Å². The summed E-state index contributed by atoms with van der Waals surface area (Å²) in [4.78, 5) is 21.6. The Kier molecular flexibility index (Phi) is 6.60. The van der Waals surface area contributed by atoms with Crippen LogP contribution in [0.3, 0.4) is 0 Å². The average Bonchev–Trinajstić information content (AvgIpc) is 3.56. The zero-order chi connectivity index (χ0) is 26.4. The first-order chi connectivity index (χ1) is 18.3. The van der Waals surface area contributed by atoms with Crippen LogP contribution < -0.4 is 9.80 Å². The van der Waals surface area contributed by atoms with Crippen LogP contribution in [-0.2, 0) is 6.18 Å². The Balaban J connectivity index is 1.24.